The smallest absolute Gasteiger partial charge is 0.306 e. The van der Waals surface area contributed by atoms with Gasteiger partial charge in [0.25, 0.3) is 0 Å². The summed E-state index contributed by atoms with van der Waals surface area (Å²) in [7, 11) is -4.14. The summed E-state index contributed by atoms with van der Waals surface area (Å²) in [6, 6.07) is 8.52. The molecule has 2 aromatic rings. The van der Waals surface area contributed by atoms with Gasteiger partial charge in [0.2, 0.25) is 0 Å². The zero-order valence-electron chi connectivity index (χ0n) is 17.7. The van der Waals surface area contributed by atoms with Crippen LogP contribution in [0.2, 0.25) is 0 Å². The lowest BCUT2D eigenvalue weighted by Gasteiger charge is -2.40. The number of hydrogen-bond donors (Lipinski definition) is 0. The molecule has 0 unspecified atom stereocenters. The van der Waals surface area contributed by atoms with E-state index < -0.39 is 26.2 Å². The Morgan fingerprint density at radius 2 is 1.78 bits per heavy atom. The summed E-state index contributed by atoms with van der Waals surface area (Å²) in [5.41, 5.74) is 0.341. The molecule has 0 aromatic heterocycles. The molecule has 1 fully saturated rings. The average Bonchev–Trinajstić information content (AvgIpc) is 2.77. The standard InChI is InChI=1S/C23H25F2NO5S/c1-2-31-22(27)13-16-9-11-23(12-10-16,20-14-18(24)5-8-21(20)25)32(29,30)19-6-3-17(4-7-19)15-26-28/h3-8,14,16H,2,9-13,15H2,1H3. The fourth-order valence-corrected chi connectivity index (χ4v) is 6.57. The van der Waals surface area contributed by atoms with Gasteiger partial charge in [0.15, 0.2) is 9.84 Å². The van der Waals surface area contributed by atoms with Crippen molar-refractivity contribution in [1.82, 2.24) is 0 Å². The topological polar surface area (TPSA) is 89.9 Å². The van der Waals surface area contributed by atoms with Crippen molar-refractivity contribution in [2.75, 3.05) is 6.61 Å². The zero-order chi connectivity index (χ0) is 23.4. The van der Waals surface area contributed by atoms with Crippen LogP contribution in [0.5, 0.6) is 0 Å². The first-order valence-corrected chi connectivity index (χ1v) is 12.0. The van der Waals surface area contributed by atoms with Crippen LogP contribution in [0.4, 0.5) is 8.78 Å². The van der Waals surface area contributed by atoms with Crippen LogP contribution in [0.15, 0.2) is 52.5 Å². The average molecular weight is 466 g/mol. The number of carbonyl (C=O) groups is 1. The van der Waals surface area contributed by atoms with Crippen molar-refractivity contribution in [3.05, 3.63) is 70.1 Å². The van der Waals surface area contributed by atoms with E-state index >= 15 is 0 Å². The molecule has 1 saturated carbocycles. The molecule has 3 rings (SSSR count). The summed E-state index contributed by atoms with van der Waals surface area (Å²) in [5, 5.41) is 2.79. The Hall–Kier alpha value is -2.68. The molecule has 0 bridgehead atoms. The van der Waals surface area contributed by atoms with Gasteiger partial charge in [-0.25, -0.2) is 17.2 Å². The normalized spacial score (nSPS) is 21.2. The Morgan fingerprint density at radius 3 is 2.38 bits per heavy atom. The zero-order valence-corrected chi connectivity index (χ0v) is 18.5. The van der Waals surface area contributed by atoms with Crippen molar-refractivity contribution < 1.29 is 26.7 Å². The van der Waals surface area contributed by atoms with E-state index in [1.54, 1.807) is 6.92 Å². The highest BCUT2D eigenvalue weighted by Gasteiger charge is 2.50. The lowest BCUT2D eigenvalue weighted by atomic mass is 9.76. The van der Waals surface area contributed by atoms with Crippen molar-refractivity contribution in [1.29, 1.82) is 0 Å². The summed E-state index contributed by atoms with van der Waals surface area (Å²) in [5.74, 6) is -1.98. The minimum atomic E-state index is -4.14. The van der Waals surface area contributed by atoms with Crippen molar-refractivity contribution in [2.24, 2.45) is 11.1 Å². The molecule has 1 aliphatic rings. The molecule has 6 nitrogen and oxygen atoms in total. The Balaban J connectivity index is 2.01. The third kappa shape index (κ3) is 4.72. The monoisotopic (exact) mass is 465 g/mol. The maximum Gasteiger partial charge on any atom is 0.306 e. The van der Waals surface area contributed by atoms with Gasteiger partial charge in [0.05, 0.1) is 11.5 Å². The van der Waals surface area contributed by atoms with Crippen molar-refractivity contribution in [3.63, 3.8) is 0 Å². The largest absolute Gasteiger partial charge is 0.466 e. The number of nitrogens with zero attached hydrogens (tertiary/aromatic N) is 1. The van der Waals surface area contributed by atoms with E-state index in [0.717, 1.165) is 18.2 Å². The fourth-order valence-electron chi connectivity index (χ4n) is 4.41. The SMILES string of the molecule is CCOC(=O)CC1CCC(c2cc(F)ccc2F)(S(=O)(=O)c2ccc(CN=O)cc2)CC1. The molecule has 0 amide bonds. The van der Waals surface area contributed by atoms with Gasteiger partial charge in [-0.2, -0.15) is 4.91 Å². The Labute approximate surface area is 185 Å². The molecule has 0 saturated heterocycles. The Kier molecular flexibility index (Phi) is 7.38. The van der Waals surface area contributed by atoms with Gasteiger partial charge in [0.1, 0.15) is 22.9 Å². The van der Waals surface area contributed by atoms with E-state index in [0.29, 0.717) is 18.4 Å². The number of halogens is 2. The maximum atomic E-state index is 14.9. The van der Waals surface area contributed by atoms with Crippen LogP contribution in [-0.2, 0) is 30.7 Å². The minimum Gasteiger partial charge on any atom is -0.466 e. The quantitative estimate of drug-likeness (QED) is 0.402. The number of ether oxygens (including phenoxy) is 1. The first kappa shape index (κ1) is 24.0. The van der Waals surface area contributed by atoms with E-state index in [4.69, 9.17) is 4.74 Å². The van der Waals surface area contributed by atoms with Crippen molar-refractivity contribution in [3.8, 4) is 0 Å². The molecule has 0 spiro atoms. The molecule has 0 heterocycles. The third-order valence-electron chi connectivity index (χ3n) is 6.09. The predicted molar refractivity (Wildman–Crippen MR) is 114 cm³/mol. The minimum absolute atomic E-state index is 0.0391. The summed E-state index contributed by atoms with van der Waals surface area (Å²) in [6.07, 6.45) is 0.931. The Morgan fingerprint density at radius 1 is 1.12 bits per heavy atom. The lowest BCUT2D eigenvalue weighted by molar-refractivity contribution is -0.144. The second-order valence-corrected chi connectivity index (χ2v) is 10.3. The third-order valence-corrected chi connectivity index (χ3v) is 8.64. The van der Waals surface area contributed by atoms with Crippen LogP contribution >= 0.6 is 0 Å². The molecule has 0 radical (unpaired) electrons. The molecule has 0 atom stereocenters. The molecule has 0 N–H and O–H groups in total. The number of carbonyl (C=O) groups excluding carboxylic acids is 1. The van der Waals surface area contributed by atoms with E-state index in [-0.39, 0.29) is 54.8 Å². The number of hydrogen-bond acceptors (Lipinski definition) is 6. The molecule has 9 heteroatoms. The maximum absolute atomic E-state index is 14.9. The second-order valence-electron chi connectivity index (χ2n) is 8.01. The van der Waals surface area contributed by atoms with E-state index in [2.05, 4.69) is 5.18 Å². The number of esters is 1. The van der Waals surface area contributed by atoms with Crippen molar-refractivity contribution in [2.45, 2.75) is 55.2 Å². The van der Waals surface area contributed by atoms with Gasteiger partial charge in [0, 0.05) is 12.0 Å². The highest BCUT2D eigenvalue weighted by molar-refractivity contribution is 7.92. The predicted octanol–water partition coefficient (Wildman–Crippen LogP) is 5.04. The van der Waals surface area contributed by atoms with Gasteiger partial charge >= 0.3 is 5.97 Å². The molecule has 172 valence electrons. The fraction of sp³-hybridized carbons (Fsp3) is 0.435. The van der Waals surface area contributed by atoms with Crippen LogP contribution in [-0.4, -0.2) is 21.0 Å². The highest BCUT2D eigenvalue weighted by atomic mass is 32.2. The van der Waals surface area contributed by atoms with Gasteiger partial charge in [-0.3, -0.25) is 4.79 Å². The van der Waals surface area contributed by atoms with Crippen LogP contribution < -0.4 is 0 Å². The Bertz CT molecular complexity index is 1080. The molecule has 1 aliphatic carbocycles. The summed E-state index contributed by atoms with van der Waals surface area (Å²) < 4.78 is 59.9. The summed E-state index contributed by atoms with van der Waals surface area (Å²) >= 11 is 0. The van der Waals surface area contributed by atoms with Gasteiger partial charge < -0.3 is 4.74 Å². The highest BCUT2D eigenvalue weighted by Crippen LogP contribution is 2.49. The van der Waals surface area contributed by atoms with Gasteiger partial charge in [-0.05, 0) is 74.4 Å². The number of rotatable bonds is 8. The number of sulfone groups is 1. The molecule has 32 heavy (non-hydrogen) atoms. The van der Waals surface area contributed by atoms with Crippen LogP contribution in [0, 0.1) is 22.5 Å². The molecular weight excluding hydrogens is 440 g/mol. The summed E-state index contributed by atoms with van der Waals surface area (Å²) in [6.45, 7) is 1.87. The van der Waals surface area contributed by atoms with E-state index in [9.17, 15) is 26.9 Å². The number of benzene rings is 2. The van der Waals surface area contributed by atoms with Crippen LogP contribution in [0.25, 0.3) is 0 Å². The van der Waals surface area contributed by atoms with Crippen molar-refractivity contribution >= 4 is 15.8 Å². The van der Waals surface area contributed by atoms with E-state index in [1.165, 1.54) is 24.3 Å². The molecule has 0 aliphatic heterocycles. The second kappa shape index (κ2) is 9.85. The van der Waals surface area contributed by atoms with Gasteiger partial charge in [-0.15, -0.1) is 0 Å². The molecular formula is C23H25F2NO5S. The lowest BCUT2D eigenvalue weighted by Crippen LogP contribution is -2.41. The van der Waals surface area contributed by atoms with Crippen LogP contribution in [0.1, 0.15) is 50.2 Å². The first-order valence-electron chi connectivity index (χ1n) is 10.5. The van der Waals surface area contributed by atoms with Gasteiger partial charge in [-0.1, -0.05) is 17.3 Å². The summed E-state index contributed by atoms with van der Waals surface area (Å²) in [4.78, 5) is 22.3. The number of nitroso groups, excluding NO2 is 1. The molecule has 2 aromatic carbocycles. The van der Waals surface area contributed by atoms with Crippen LogP contribution in [0.3, 0.4) is 0 Å². The first-order chi connectivity index (χ1) is 15.2. The van der Waals surface area contributed by atoms with E-state index in [1.807, 2.05) is 0 Å².